The molecule has 2 atom stereocenters. The van der Waals surface area contributed by atoms with Crippen LogP contribution in [0.2, 0.25) is 0 Å². The van der Waals surface area contributed by atoms with E-state index in [1.54, 1.807) is 6.08 Å². The first-order chi connectivity index (χ1) is 11.6. The number of hydrogen-bond acceptors (Lipinski definition) is 2. The molecule has 0 N–H and O–H groups in total. The van der Waals surface area contributed by atoms with Crippen molar-refractivity contribution >= 4 is 16.6 Å². The molecule has 1 heterocycles. The molecule has 2 aromatic rings. The number of benzene rings is 2. The Kier molecular flexibility index (Phi) is 3.59. The molecule has 0 amide bonds. The highest BCUT2D eigenvalue weighted by Crippen LogP contribution is 2.41. The topological polar surface area (TPSA) is 26.3 Å². The molecule has 0 radical (unpaired) electrons. The van der Waals surface area contributed by atoms with E-state index in [9.17, 15) is 4.79 Å². The van der Waals surface area contributed by atoms with Crippen molar-refractivity contribution in [3.05, 3.63) is 71.8 Å². The van der Waals surface area contributed by atoms with Crippen LogP contribution in [0.15, 0.2) is 66.3 Å². The Hall–Kier alpha value is -2.63. The first kappa shape index (κ1) is 14.9. The fraction of sp³-hybridized carbons (Fsp3) is 0.227. The minimum Gasteiger partial charge on any atom is -0.366 e. The SMILES string of the molecule is C[C@]12C=CC(=O)C[C@H]1/C(=C\C#Cc1ccc3ccccc3c1)CO2. The van der Waals surface area contributed by atoms with Gasteiger partial charge in [0.2, 0.25) is 0 Å². The molecule has 0 saturated carbocycles. The number of carbonyl (C=O) groups excluding carboxylic acids is 1. The van der Waals surface area contributed by atoms with E-state index < -0.39 is 0 Å². The Balaban J connectivity index is 1.60. The Bertz CT molecular complexity index is 939. The molecule has 1 saturated heterocycles. The van der Waals surface area contributed by atoms with Crippen LogP contribution in [0.25, 0.3) is 10.8 Å². The van der Waals surface area contributed by atoms with Gasteiger partial charge < -0.3 is 4.74 Å². The van der Waals surface area contributed by atoms with Crippen molar-refractivity contribution in [2.75, 3.05) is 6.61 Å². The highest BCUT2D eigenvalue weighted by atomic mass is 16.5. The van der Waals surface area contributed by atoms with Crippen LogP contribution in [0.5, 0.6) is 0 Å². The second kappa shape index (κ2) is 5.78. The summed E-state index contributed by atoms with van der Waals surface area (Å²) in [5, 5.41) is 2.41. The summed E-state index contributed by atoms with van der Waals surface area (Å²) in [4.78, 5) is 11.7. The summed E-state index contributed by atoms with van der Waals surface area (Å²) < 4.78 is 5.89. The van der Waals surface area contributed by atoms with Gasteiger partial charge in [0.25, 0.3) is 0 Å². The summed E-state index contributed by atoms with van der Waals surface area (Å²) in [5.41, 5.74) is 1.75. The van der Waals surface area contributed by atoms with Gasteiger partial charge in [-0.3, -0.25) is 4.79 Å². The fourth-order valence-electron chi connectivity index (χ4n) is 3.46. The van der Waals surface area contributed by atoms with E-state index in [1.807, 2.05) is 37.3 Å². The molecule has 4 rings (SSSR count). The van der Waals surface area contributed by atoms with Gasteiger partial charge in [0.1, 0.15) is 0 Å². The Labute approximate surface area is 141 Å². The molecule has 118 valence electrons. The van der Waals surface area contributed by atoms with Gasteiger partial charge in [-0.1, -0.05) is 42.2 Å². The number of rotatable bonds is 0. The average molecular weight is 314 g/mol. The molecule has 1 aliphatic heterocycles. The zero-order valence-electron chi connectivity index (χ0n) is 13.6. The van der Waals surface area contributed by atoms with E-state index in [4.69, 9.17) is 4.74 Å². The van der Waals surface area contributed by atoms with Gasteiger partial charge in [-0.15, -0.1) is 0 Å². The smallest absolute Gasteiger partial charge is 0.156 e. The maximum absolute atomic E-state index is 11.7. The summed E-state index contributed by atoms with van der Waals surface area (Å²) in [6.07, 6.45) is 5.97. The van der Waals surface area contributed by atoms with Gasteiger partial charge >= 0.3 is 0 Å². The summed E-state index contributed by atoms with van der Waals surface area (Å²) in [6.45, 7) is 2.59. The van der Waals surface area contributed by atoms with Crippen molar-refractivity contribution < 1.29 is 9.53 Å². The van der Waals surface area contributed by atoms with E-state index >= 15 is 0 Å². The molecular weight excluding hydrogens is 296 g/mol. The lowest BCUT2D eigenvalue weighted by Gasteiger charge is -2.29. The Morgan fingerprint density at radius 1 is 1.21 bits per heavy atom. The quantitative estimate of drug-likeness (QED) is 0.686. The van der Waals surface area contributed by atoms with Crippen LogP contribution in [0.1, 0.15) is 18.9 Å². The summed E-state index contributed by atoms with van der Waals surface area (Å²) in [6, 6.07) is 14.5. The maximum atomic E-state index is 11.7. The van der Waals surface area contributed by atoms with Crippen molar-refractivity contribution in [2.45, 2.75) is 18.9 Å². The molecule has 2 heteroatoms. The van der Waals surface area contributed by atoms with Crippen LogP contribution in [0.4, 0.5) is 0 Å². The van der Waals surface area contributed by atoms with Crippen molar-refractivity contribution in [1.29, 1.82) is 0 Å². The second-order valence-electron chi connectivity index (χ2n) is 6.58. The lowest BCUT2D eigenvalue weighted by atomic mass is 9.78. The number of fused-ring (bicyclic) bond motifs is 2. The minimum atomic E-state index is -0.357. The van der Waals surface area contributed by atoms with Crippen LogP contribution in [0.3, 0.4) is 0 Å². The normalized spacial score (nSPS) is 27.1. The van der Waals surface area contributed by atoms with Crippen molar-refractivity contribution in [1.82, 2.24) is 0 Å². The van der Waals surface area contributed by atoms with Gasteiger partial charge in [0, 0.05) is 17.9 Å². The third kappa shape index (κ3) is 2.68. The molecule has 1 aliphatic carbocycles. The summed E-state index contributed by atoms with van der Waals surface area (Å²) >= 11 is 0. The summed E-state index contributed by atoms with van der Waals surface area (Å²) in [7, 11) is 0. The predicted molar refractivity (Wildman–Crippen MR) is 95.5 cm³/mol. The Morgan fingerprint density at radius 3 is 2.92 bits per heavy atom. The van der Waals surface area contributed by atoms with E-state index in [2.05, 4.69) is 36.1 Å². The zero-order valence-corrected chi connectivity index (χ0v) is 13.6. The molecule has 0 aromatic heterocycles. The van der Waals surface area contributed by atoms with Crippen LogP contribution in [-0.2, 0) is 9.53 Å². The van der Waals surface area contributed by atoms with Gasteiger partial charge in [-0.2, -0.15) is 0 Å². The molecular formula is C22H18O2. The number of ketones is 1. The number of hydrogen-bond donors (Lipinski definition) is 0. The number of ether oxygens (including phenoxy) is 1. The predicted octanol–water partition coefficient (Wildman–Crippen LogP) is 4.05. The third-order valence-corrected chi connectivity index (χ3v) is 4.92. The molecule has 24 heavy (non-hydrogen) atoms. The first-order valence-corrected chi connectivity index (χ1v) is 8.19. The van der Waals surface area contributed by atoms with E-state index in [0.29, 0.717) is 13.0 Å². The van der Waals surface area contributed by atoms with Crippen molar-refractivity contribution in [2.24, 2.45) is 5.92 Å². The zero-order chi connectivity index (χ0) is 16.6. The van der Waals surface area contributed by atoms with Gasteiger partial charge in [0.05, 0.1) is 12.2 Å². The maximum Gasteiger partial charge on any atom is 0.156 e. The third-order valence-electron chi connectivity index (χ3n) is 4.92. The minimum absolute atomic E-state index is 0.112. The standard InChI is InChI=1S/C22H18O2/c1-22-12-11-20(23)14-21(22)19(15-24-22)8-4-5-16-9-10-17-6-2-3-7-18(17)13-16/h2-3,6-13,21H,14-15H2,1H3/b19-8-/t21-,22-/m0/s1. The Morgan fingerprint density at radius 2 is 2.04 bits per heavy atom. The van der Waals surface area contributed by atoms with Crippen LogP contribution in [0, 0.1) is 17.8 Å². The molecule has 1 fully saturated rings. The average Bonchev–Trinajstić information content (AvgIpc) is 2.92. The molecule has 0 unspecified atom stereocenters. The molecule has 0 bridgehead atoms. The van der Waals surface area contributed by atoms with Gasteiger partial charge in [-0.25, -0.2) is 0 Å². The summed E-state index contributed by atoms with van der Waals surface area (Å²) in [5.74, 6) is 6.62. The highest BCUT2D eigenvalue weighted by Gasteiger charge is 2.44. The lowest BCUT2D eigenvalue weighted by molar-refractivity contribution is -0.117. The van der Waals surface area contributed by atoms with Crippen LogP contribution < -0.4 is 0 Å². The van der Waals surface area contributed by atoms with Crippen LogP contribution in [-0.4, -0.2) is 18.0 Å². The number of allylic oxidation sites excluding steroid dienone is 2. The molecule has 2 nitrogen and oxygen atoms in total. The molecule has 2 aliphatic rings. The van der Waals surface area contributed by atoms with Gasteiger partial charge in [0.15, 0.2) is 5.78 Å². The second-order valence-corrected chi connectivity index (χ2v) is 6.58. The van der Waals surface area contributed by atoms with E-state index in [1.165, 1.54) is 10.8 Å². The van der Waals surface area contributed by atoms with E-state index in [0.717, 1.165) is 11.1 Å². The molecule has 2 aromatic carbocycles. The number of carbonyl (C=O) groups is 1. The monoisotopic (exact) mass is 314 g/mol. The highest BCUT2D eigenvalue weighted by molar-refractivity contribution is 5.91. The van der Waals surface area contributed by atoms with Crippen LogP contribution >= 0.6 is 0 Å². The van der Waals surface area contributed by atoms with Crippen molar-refractivity contribution in [3.8, 4) is 11.8 Å². The van der Waals surface area contributed by atoms with Crippen molar-refractivity contribution in [3.63, 3.8) is 0 Å². The fourth-order valence-corrected chi connectivity index (χ4v) is 3.46. The van der Waals surface area contributed by atoms with E-state index in [-0.39, 0.29) is 17.3 Å². The molecule has 0 spiro atoms. The largest absolute Gasteiger partial charge is 0.366 e. The van der Waals surface area contributed by atoms with Gasteiger partial charge in [-0.05, 0) is 53.6 Å². The first-order valence-electron chi connectivity index (χ1n) is 8.19. The lowest BCUT2D eigenvalue weighted by Crippen LogP contribution is -2.34.